The topological polar surface area (TPSA) is 153 Å². The van der Waals surface area contributed by atoms with Crippen molar-refractivity contribution in [3.05, 3.63) is 52.1 Å². The van der Waals surface area contributed by atoms with Crippen LogP contribution in [0.5, 0.6) is 28.7 Å². The number of nitrogens with one attached hydrogen (secondary N) is 2. The molecule has 4 unspecified atom stereocenters. The molecule has 6 rings (SSSR count). The van der Waals surface area contributed by atoms with E-state index in [0.29, 0.717) is 41.6 Å². The Morgan fingerprint density at radius 3 is 2.49 bits per heavy atom. The highest BCUT2D eigenvalue weighted by atomic mass is 16.7. The molecule has 14 heteroatoms. The first-order valence-corrected chi connectivity index (χ1v) is 17.9. The van der Waals surface area contributed by atoms with Crippen LogP contribution in [0.2, 0.25) is 0 Å². The Balaban J connectivity index is 1.50. The molecule has 6 atom stereocenters. The lowest BCUT2D eigenvalue weighted by molar-refractivity contribution is -0.123. The number of carbonyl (C=O) groups is 2. The molecule has 0 aliphatic carbocycles. The first kappa shape index (κ1) is 38.0. The van der Waals surface area contributed by atoms with Gasteiger partial charge in [0.1, 0.15) is 30.0 Å². The van der Waals surface area contributed by atoms with Crippen molar-refractivity contribution in [2.24, 2.45) is 0 Å². The number of nitrogens with zero attached hydrogens (tertiary/aromatic N) is 3. The van der Waals surface area contributed by atoms with Crippen molar-refractivity contribution >= 4 is 12.0 Å². The summed E-state index contributed by atoms with van der Waals surface area (Å²) < 4.78 is 41.6. The molecular weight excluding hydrogens is 682 g/mol. The van der Waals surface area contributed by atoms with E-state index in [1.165, 1.54) is 0 Å². The molecular formula is C39H51N5O9. The van der Waals surface area contributed by atoms with E-state index < -0.39 is 35.7 Å². The molecule has 4 heterocycles. The molecule has 14 nitrogen and oxygen atoms in total. The number of fused-ring (bicyclic) bond motifs is 9. The van der Waals surface area contributed by atoms with E-state index in [1.807, 2.05) is 13.8 Å². The molecule has 1 fully saturated rings. The van der Waals surface area contributed by atoms with Crippen LogP contribution in [-0.4, -0.2) is 99.6 Å². The highest BCUT2D eigenvalue weighted by Gasteiger charge is 2.57. The molecule has 4 aliphatic rings. The van der Waals surface area contributed by atoms with Gasteiger partial charge in [-0.15, -0.1) is 0 Å². The summed E-state index contributed by atoms with van der Waals surface area (Å²) in [6, 6.07) is 2.01. The predicted molar refractivity (Wildman–Crippen MR) is 195 cm³/mol. The highest BCUT2D eigenvalue weighted by molar-refractivity contribution is 5.85. The maximum Gasteiger partial charge on any atom is 0.408 e. The molecule has 2 aromatic rings. The highest BCUT2D eigenvalue weighted by Crippen LogP contribution is 2.58. The van der Waals surface area contributed by atoms with Gasteiger partial charge in [0, 0.05) is 48.0 Å². The minimum atomic E-state index is -0.903. The fourth-order valence-electron chi connectivity index (χ4n) is 8.50. The number of rotatable bonds is 11. The van der Waals surface area contributed by atoms with Gasteiger partial charge in [-0.2, -0.15) is 5.26 Å². The SMILES string of the molecule is C=CCOc1c(C)c2c(c3c1C[C@H]1C4c5c(cc(C)c(OC)c5OCOC)CC([C@H](C#N)N1C3CNC(=O)C(C)NC(=O)OC(C)(C)C)N4C)OCO2. The van der Waals surface area contributed by atoms with Crippen LogP contribution in [0.25, 0.3) is 0 Å². The van der Waals surface area contributed by atoms with Gasteiger partial charge in [-0.25, -0.2) is 4.79 Å². The minimum Gasteiger partial charge on any atom is -0.493 e. The Morgan fingerprint density at radius 2 is 1.83 bits per heavy atom. The number of likely N-dealkylation sites (N-methyl/N-ethyl adjacent to an activating group) is 1. The van der Waals surface area contributed by atoms with Crippen LogP contribution >= 0.6 is 0 Å². The summed E-state index contributed by atoms with van der Waals surface area (Å²) >= 11 is 0. The van der Waals surface area contributed by atoms with Crippen molar-refractivity contribution < 1.29 is 42.7 Å². The Bertz CT molecular complexity index is 1820. The van der Waals surface area contributed by atoms with Crippen LogP contribution in [0.1, 0.15) is 73.2 Å². The minimum absolute atomic E-state index is 0.0231. The van der Waals surface area contributed by atoms with Gasteiger partial charge in [-0.05, 0) is 72.6 Å². The number of amides is 2. The van der Waals surface area contributed by atoms with Crippen molar-refractivity contribution in [2.45, 2.75) is 96.2 Å². The average molecular weight is 734 g/mol. The number of piperazine rings is 1. The molecule has 53 heavy (non-hydrogen) atoms. The normalized spacial score (nSPS) is 23.4. The van der Waals surface area contributed by atoms with Crippen molar-refractivity contribution in [3.8, 4) is 34.8 Å². The first-order chi connectivity index (χ1) is 25.3. The number of hydrogen-bond acceptors (Lipinski definition) is 12. The number of alkyl carbamates (subject to hydrolysis) is 1. The lowest BCUT2D eigenvalue weighted by atomic mass is 9.71. The van der Waals surface area contributed by atoms with E-state index in [1.54, 1.807) is 48.0 Å². The fourth-order valence-corrected chi connectivity index (χ4v) is 8.50. The summed E-state index contributed by atoms with van der Waals surface area (Å²) in [4.78, 5) is 30.7. The van der Waals surface area contributed by atoms with Crippen LogP contribution in [0.4, 0.5) is 4.79 Å². The number of ether oxygens (including phenoxy) is 7. The smallest absolute Gasteiger partial charge is 0.408 e. The number of methoxy groups -OCH3 is 2. The molecule has 2 amide bonds. The quantitative estimate of drug-likeness (QED) is 0.249. The third-order valence-corrected chi connectivity index (χ3v) is 10.5. The van der Waals surface area contributed by atoms with Gasteiger partial charge in [0.15, 0.2) is 29.8 Å². The van der Waals surface area contributed by atoms with Crippen molar-refractivity contribution in [1.29, 1.82) is 5.26 Å². The van der Waals surface area contributed by atoms with Crippen LogP contribution < -0.4 is 34.3 Å². The van der Waals surface area contributed by atoms with Gasteiger partial charge < -0.3 is 43.8 Å². The summed E-state index contributed by atoms with van der Waals surface area (Å²) in [5, 5.41) is 16.7. The van der Waals surface area contributed by atoms with E-state index in [-0.39, 0.29) is 44.9 Å². The Morgan fingerprint density at radius 1 is 1.09 bits per heavy atom. The second-order valence-corrected chi connectivity index (χ2v) is 15.0. The third kappa shape index (κ3) is 6.82. The molecule has 4 aliphatic heterocycles. The zero-order valence-corrected chi connectivity index (χ0v) is 32.1. The van der Waals surface area contributed by atoms with Crippen molar-refractivity contribution in [3.63, 3.8) is 0 Å². The van der Waals surface area contributed by atoms with E-state index >= 15 is 0 Å². The van der Waals surface area contributed by atoms with E-state index in [0.717, 1.165) is 33.4 Å². The van der Waals surface area contributed by atoms with E-state index in [9.17, 15) is 14.9 Å². The Hall–Kier alpha value is -4.71. The molecule has 2 bridgehead atoms. The van der Waals surface area contributed by atoms with Gasteiger partial charge in [0.2, 0.25) is 12.7 Å². The second-order valence-electron chi connectivity index (χ2n) is 15.0. The average Bonchev–Trinajstić information content (AvgIpc) is 3.59. The number of benzene rings is 2. The van der Waals surface area contributed by atoms with Gasteiger partial charge in [0.05, 0.1) is 25.3 Å². The molecule has 0 spiro atoms. The largest absolute Gasteiger partial charge is 0.493 e. The zero-order valence-electron chi connectivity index (χ0n) is 32.1. The van der Waals surface area contributed by atoms with Crippen LogP contribution in [0, 0.1) is 25.2 Å². The monoisotopic (exact) mass is 733 g/mol. The van der Waals surface area contributed by atoms with Crippen LogP contribution in [0.3, 0.4) is 0 Å². The summed E-state index contributed by atoms with van der Waals surface area (Å²) in [5.41, 5.74) is 4.77. The Labute approximate surface area is 311 Å². The van der Waals surface area contributed by atoms with Crippen molar-refractivity contribution in [2.75, 3.05) is 48.0 Å². The van der Waals surface area contributed by atoms with Gasteiger partial charge in [-0.3, -0.25) is 14.6 Å². The Kier molecular flexibility index (Phi) is 10.7. The van der Waals surface area contributed by atoms with Gasteiger partial charge >= 0.3 is 6.09 Å². The predicted octanol–water partition coefficient (Wildman–Crippen LogP) is 4.39. The van der Waals surface area contributed by atoms with Gasteiger partial charge in [-0.1, -0.05) is 18.7 Å². The summed E-state index contributed by atoms with van der Waals surface area (Å²) in [7, 11) is 5.27. The molecule has 0 saturated carbocycles. The van der Waals surface area contributed by atoms with Crippen molar-refractivity contribution in [1.82, 2.24) is 20.4 Å². The second kappa shape index (κ2) is 15.0. The molecule has 0 radical (unpaired) electrons. The number of aryl methyl sites for hydroxylation is 1. The van der Waals surface area contributed by atoms with E-state index in [4.69, 9.17) is 33.2 Å². The summed E-state index contributed by atoms with van der Waals surface area (Å²) in [5.74, 6) is 2.63. The number of carbonyl (C=O) groups excluding carboxylic acids is 2. The lowest BCUT2D eigenvalue weighted by Gasteiger charge is -2.60. The zero-order chi connectivity index (χ0) is 38.4. The summed E-state index contributed by atoms with van der Waals surface area (Å²) in [6.07, 6.45) is 2.07. The molecule has 2 N–H and O–H groups in total. The van der Waals surface area contributed by atoms with Gasteiger partial charge in [0.25, 0.3) is 0 Å². The maximum atomic E-state index is 13.7. The number of hydrogen-bond donors (Lipinski definition) is 2. The van der Waals surface area contributed by atoms with Crippen LogP contribution in [0.15, 0.2) is 18.7 Å². The molecule has 286 valence electrons. The number of nitriles is 1. The maximum absolute atomic E-state index is 13.7. The molecule has 1 saturated heterocycles. The third-order valence-electron chi connectivity index (χ3n) is 10.5. The fraction of sp³-hybridized carbons (Fsp3) is 0.564. The standard InChI is InChI=1S/C39H51N5O9/c1-11-12-49-33-21(3)34-36(52-19-51-34)30-24(33)15-26-31-29-23(13-20(2)32(48-10)35(29)50-18-47-9)14-25(43(31)8)27(16-40)44(26)28(30)17-41-37(45)22(4)42-38(46)53-39(5,6)7/h11,13,22,25-28,31H,1,12,14-15,17-19H2,2-10H3,(H,41,45)(H,42,46)/t22?,25?,26-,27-,28?,31?/m0/s1. The van der Waals surface area contributed by atoms with E-state index in [2.05, 4.69) is 46.2 Å². The first-order valence-electron chi connectivity index (χ1n) is 17.9. The summed E-state index contributed by atoms with van der Waals surface area (Å²) in [6.45, 7) is 15.1. The van der Waals surface area contributed by atoms with Crippen LogP contribution in [-0.2, 0) is 27.1 Å². The molecule has 2 aromatic carbocycles. The molecule has 0 aromatic heterocycles. The lowest BCUT2D eigenvalue weighted by Crippen LogP contribution is -2.69.